The lowest BCUT2D eigenvalue weighted by molar-refractivity contribution is 0.235. The molecule has 0 spiro atoms. The average molecular weight is 302 g/mol. The number of furan rings is 1. The van der Waals surface area contributed by atoms with E-state index in [4.69, 9.17) is 9.52 Å². The van der Waals surface area contributed by atoms with E-state index in [9.17, 15) is 8.42 Å². The summed E-state index contributed by atoms with van der Waals surface area (Å²) in [6.45, 7) is 1.75. The number of hydrogen-bond acceptors (Lipinski definition) is 6. The first-order chi connectivity index (χ1) is 8.95. The number of nitrogens with zero attached hydrogens (tertiary/aromatic N) is 2. The minimum absolute atomic E-state index is 0.166. The molecule has 104 valence electrons. The largest absolute Gasteiger partial charge is 0.446 e. The molecular weight excluding hydrogens is 288 g/mol. The van der Waals surface area contributed by atoms with Crippen LogP contribution in [0.4, 0.5) is 0 Å². The number of thiazole rings is 1. The van der Waals surface area contributed by atoms with Crippen LogP contribution in [-0.4, -0.2) is 29.9 Å². The molecule has 0 aliphatic heterocycles. The van der Waals surface area contributed by atoms with Crippen molar-refractivity contribution in [3.05, 3.63) is 34.0 Å². The average Bonchev–Trinajstić information content (AvgIpc) is 2.99. The summed E-state index contributed by atoms with van der Waals surface area (Å²) in [6, 6.07) is 2.79. The Kier molecular flexibility index (Phi) is 4.04. The van der Waals surface area contributed by atoms with Crippen molar-refractivity contribution in [2.45, 2.75) is 25.2 Å². The number of aromatic nitrogens is 1. The Bertz CT molecular complexity index is 660. The highest BCUT2D eigenvalue weighted by Crippen LogP contribution is 2.21. The van der Waals surface area contributed by atoms with E-state index in [0.29, 0.717) is 0 Å². The van der Waals surface area contributed by atoms with E-state index in [2.05, 4.69) is 4.98 Å². The number of aryl methyl sites for hydroxylation is 1. The van der Waals surface area contributed by atoms with Crippen LogP contribution in [0.2, 0.25) is 0 Å². The van der Waals surface area contributed by atoms with Gasteiger partial charge >= 0.3 is 0 Å². The highest BCUT2D eigenvalue weighted by atomic mass is 32.2. The van der Waals surface area contributed by atoms with Crippen LogP contribution < -0.4 is 0 Å². The van der Waals surface area contributed by atoms with Crippen molar-refractivity contribution in [3.63, 3.8) is 0 Å². The van der Waals surface area contributed by atoms with Gasteiger partial charge in [-0.25, -0.2) is 13.4 Å². The molecule has 2 rings (SSSR count). The van der Waals surface area contributed by atoms with Crippen molar-refractivity contribution < 1.29 is 17.9 Å². The van der Waals surface area contributed by atoms with Crippen LogP contribution in [0.1, 0.15) is 16.3 Å². The van der Waals surface area contributed by atoms with E-state index >= 15 is 0 Å². The maximum Gasteiger partial charge on any atom is 0.276 e. The summed E-state index contributed by atoms with van der Waals surface area (Å²) in [5.74, 6) is 0.223. The molecule has 0 saturated carbocycles. The number of aliphatic hydroxyl groups is 1. The molecular formula is C11H14N2O4S2. The summed E-state index contributed by atoms with van der Waals surface area (Å²) in [4.78, 5) is 4.97. The van der Waals surface area contributed by atoms with Crippen LogP contribution in [0.15, 0.2) is 27.2 Å². The van der Waals surface area contributed by atoms with Gasteiger partial charge in [0.25, 0.3) is 10.0 Å². The van der Waals surface area contributed by atoms with Gasteiger partial charge < -0.3 is 9.52 Å². The Labute approximate surface area is 115 Å². The van der Waals surface area contributed by atoms with Gasteiger partial charge in [0.05, 0.1) is 11.2 Å². The van der Waals surface area contributed by atoms with Gasteiger partial charge in [0, 0.05) is 18.5 Å². The van der Waals surface area contributed by atoms with E-state index in [1.165, 1.54) is 34.8 Å². The Morgan fingerprint density at radius 1 is 1.47 bits per heavy atom. The highest BCUT2D eigenvalue weighted by molar-refractivity contribution is 7.88. The Morgan fingerprint density at radius 2 is 2.21 bits per heavy atom. The molecule has 0 fully saturated rings. The van der Waals surface area contributed by atoms with Gasteiger partial charge in [-0.15, -0.1) is 11.3 Å². The fraction of sp³-hybridized carbons (Fsp3) is 0.364. The third-order valence-corrected chi connectivity index (χ3v) is 5.27. The zero-order chi connectivity index (χ0) is 14.0. The van der Waals surface area contributed by atoms with Gasteiger partial charge in [-0.05, 0) is 19.1 Å². The van der Waals surface area contributed by atoms with Gasteiger partial charge in [-0.1, -0.05) is 0 Å². The summed E-state index contributed by atoms with van der Waals surface area (Å²) >= 11 is 1.41. The molecule has 0 radical (unpaired) electrons. The molecule has 0 aliphatic carbocycles. The predicted molar refractivity (Wildman–Crippen MR) is 70.1 cm³/mol. The first-order valence-corrected chi connectivity index (χ1v) is 7.82. The van der Waals surface area contributed by atoms with Crippen LogP contribution in [0.3, 0.4) is 0 Å². The van der Waals surface area contributed by atoms with Gasteiger partial charge in [0.1, 0.15) is 12.4 Å². The molecule has 1 N–H and O–H groups in total. The maximum atomic E-state index is 12.2. The highest BCUT2D eigenvalue weighted by Gasteiger charge is 2.25. The van der Waals surface area contributed by atoms with Gasteiger partial charge in [0.2, 0.25) is 5.09 Å². The lowest BCUT2D eigenvalue weighted by Crippen LogP contribution is -2.26. The van der Waals surface area contributed by atoms with Gasteiger partial charge in [0.15, 0.2) is 0 Å². The first-order valence-electron chi connectivity index (χ1n) is 5.50. The molecule has 2 aromatic heterocycles. The Hall–Kier alpha value is -1.22. The second kappa shape index (κ2) is 5.41. The van der Waals surface area contributed by atoms with Crippen molar-refractivity contribution in [3.8, 4) is 0 Å². The van der Waals surface area contributed by atoms with Gasteiger partial charge in [-0.3, -0.25) is 0 Å². The molecule has 0 aromatic carbocycles. The summed E-state index contributed by atoms with van der Waals surface area (Å²) in [6.07, 6.45) is 0. The molecule has 0 atom stereocenters. The molecule has 0 amide bonds. The molecule has 0 bridgehead atoms. The monoisotopic (exact) mass is 302 g/mol. The number of sulfonamides is 1. The second-order valence-electron chi connectivity index (χ2n) is 4.00. The third kappa shape index (κ3) is 2.86. The standard InChI is InChI=1S/C11H14N2O4S2/c1-8-10(18-7-12-8)5-13(2)19(15,16)11-4-3-9(6-14)17-11/h3-4,7,14H,5-6H2,1-2H3. The molecule has 2 heterocycles. The zero-order valence-electron chi connectivity index (χ0n) is 10.5. The van der Waals surface area contributed by atoms with Gasteiger partial charge in [-0.2, -0.15) is 4.31 Å². The predicted octanol–water partition coefficient (Wildman–Crippen LogP) is 1.36. The van der Waals surface area contributed by atoms with E-state index < -0.39 is 10.0 Å². The van der Waals surface area contributed by atoms with Crippen molar-refractivity contribution in [1.29, 1.82) is 0 Å². The minimum atomic E-state index is -3.69. The summed E-state index contributed by atoms with van der Waals surface area (Å²) in [7, 11) is -2.20. The fourth-order valence-electron chi connectivity index (χ4n) is 1.50. The minimum Gasteiger partial charge on any atom is -0.446 e. The topological polar surface area (TPSA) is 83.6 Å². The van der Waals surface area contributed by atoms with Crippen molar-refractivity contribution in [2.24, 2.45) is 0 Å². The Balaban J connectivity index is 2.22. The van der Waals surface area contributed by atoms with E-state index in [1.54, 1.807) is 5.51 Å². The van der Waals surface area contributed by atoms with Crippen LogP contribution in [0.5, 0.6) is 0 Å². The SMILES string of the molecule is Cc1ncsc1CN(C)S(=O)(=O)c1ccc(CO)o1. The van der Waals surface area contributed by atoms with Crippen molar-refractivity contribution >= 4 is 21.4 Å². The quantitative estimate of drug-likeness (QED) is 0.901. The molecule has 0 aliphatic rings. The third-order valence-electron chi connectivity index (χ3n) is 2.67. The van der Waals surface area contributed by atoms with Crippen LogP contribution in [-0.2, 0) is 23.2 Å². The second-order valence-corrected chi connectivity index (χ2v) is 6.92. The molecule has 2 aromatic rings. The molecule has 19 heavy (non-hydrogen) atoms. The number of aliphatic hydroxyl groups excluding tert-OH is 1. The normalized spacial score (nSPS) is 12.2. The van der Waals surface area contributed by atoms with Crippen LogP contribution >= 0.6 is 11.3 Å². The lowest BCUT2D eigenvalue weighted by Gasteiger charge is -2.14. The lowest BCUT2D eigenvalue weighted by atomic mass is 10.4. The van der Waals surface area contributed by atoms with E-state index in [-0.39, 0.29) is 24.0 Å². The summed E-state index contributed by atoms with van der Waals surface area (Å²) in [5, 5.41) is 8.72. The molecule has 0 unspecified atom stereocenters. The van der Waals surface area contributed by atoms with E-state index in [0.717, 1.165) is 10.6 Å². The van der Waals surface area contributed by atoms with Crippen LogP contribution in [0, 0.1) is 6.92 Å². The molecule has 6 nitrogen and oxygen atoms in total. The fourth-order valence-corrected chi connectivity index (χ4v) is 3.47. The Morgan fingerprint density at radius 3 is 2.74 bits per heavy atom. The smallest absolute Gasteiger partial charge is 0.276 e. The summed E-state index contributed by atoms with van der Waals surface area (Å²) in [5.41, 5.74) is 2.50. The first kappa shape index (κ1) is 14.2. The van der Waals surface area contributed by atoms with Crippen LogP contribution in [0.25, 0.3) is 0 Å². The molecule has 0 saturated heterocycles. The zero-order valence-corrected chi connectivity index (χ0v) is 12.2. The summed E-state index contributed by atoms with van der Waals surface area (Å²) < 4.78 is 30.7. The molecule has 8 heteroatoms. The number of rotatable bonds is 5. The number of hydrogen-bond donors (Lipinski definition) is 1. The maximum absolute atomic E-state index is 12.2. The van der Waals surface area contributed by atoms with E-state index in [1.807, 2.05) is 6.92 Å². The van der Waals surface area contributed by atoms with Crippen molar-refractivity contribution in [1.82, 2.24) is 9.29 Å². The van der Waals surface area contributed by atoms with Crippen molar-refractivity contribution in [2.75, 3.05) is 7.05 Å².